The first-order valence-corrected chi connectivity index (χ1v) is 18.7. The molecule has 1 aliphatic rings. The average Bonchev–Trinajstić information content (AvgIpc) is 3.12. The number of para-hydroxylation sites is 1. The van der Waals surface area contributed by atoms with Gasteiger partial charge in [-0.1, -0.05) is 56.9 Å². The summed E-state index contributed by atoms with van der Waals surface area (Å²) in [5.74, 6) is 0. The number of allylic oxidation sites excluding steroid dienone is 4. The molecule has 268 valence electrons. The van der Waals surface area contributed by atoms with Crippen LogP contribution in [0.5, 0.6) is 0 Å². The van der Waals surface area contributed by atoms with Gasteiger partial charge < -0.3 is 22.1 Å². The molecular formula is C45H54N7+. The number of rotatable bonds is 14. The molecule has 6 rings (SSSR count). The van der Waals surface area contributed by atoms with E-state index < -0.39 is 0 Å². The molecule has 7 nitrogen and oxygen atoms in total. The molecule has 0 saturated heterocycles. The third kappa shape index (κ3) is 8.20. The molecule has 4 aromatic carbocycles. The van der Waals surface area contributed by atoms with Crippen LogP contribution >= 0.6 is 0 Å². The fourth-order valence-corrected chi connectivity index (χ4v) is 6.99. The van der Waals surface area contributed by atoms with E-state index >= 15 is 0 Å². The van der Waals surface area contributed by atoms with Crippen molar-refractivity contribution in [3.63, 3.8) is 0 Å². The summed E-state index contributed by atoms with van der Waals surface area (Å²) in [6.45, 7) is 16.6. The SMILES string of the molecule is C=C1C=C(N)C(C)=CC1=Nc1cc(C)c(NCCCCCCCCCNc2ccc3nc4cc(C)c(N)cc4[n+](-c4ccccc4)c3c2C)cc1C. The lowest BCUT2D eigenvalue weighted by molar-refractivity contribution is -0.538. The molecule has 0 bridgehead atoms. The Morgan fingerprint density at radius 3 is 2.08 bits per heavy atom. The van der Waals surface area contributed by atoms with Crippen molar-refractivity contribution in [3.05, 3.63) is 125 Å². The quantitative estimate of drug-likeness (QED) is 0.0401. The Morgan fingerprint density at radius 1 is 0.692 bits per heavy atom. The number of aryl methyl sites for hydroxylation is 4. The Bertz CT molecular complexity index is 2210. The van der Waals surface area contributed by atoms with Gasteiger partial charge in [0, 0.05) is 59.6 Å². The molecule has 5 aromatic rings. The van der Waals surface area contributed by atoms with Gasteiger partial charge in [-0.3, -0.25) is 0 Å². The predicted octanol–water partition coefficient (Wildman–Crippen LogP) is 10.2. The third-order valence-electron chi connectivity index (χ3n) is 10.2. The first-order valence-electron chi connectivity index (χ1n) is 18.7. The van der Waals surface area contributed by atoms with Gasteiger partial charge in [-0.15, -0.1) is 4.57 Å². The maximum Gasteiger partial charge on any atom is 0.242 e. The van der Waals surface area contributed by atoms with Gasteiger partial charge in [0.25, 0.3) is 0 Å². The Balaban J connectivity index is 0.949. The third-order valence-corrected chi connectivity index (χ3v) is 10.2. The van der Waals surface area contributed by atoms with Crippen LogP contribution in [0.15, 0.2) is 107 Å². The van der Waals surface area contributed by atoms with Gasteiger partial charge in [-0.05, 0) is 118 Å². The lowest BCUT2D eigenvalue weighted by Crippen LogP contribution is -2.34. The van der Waals surface area contributed by atoms with Crippen molar-refractivity contribution in [3.8, 4) is 5.69 Å². The fraction of sp³-hybridized carbons (Fsp3) is 0.311. The molecule has 0 fully saturated rings. The number of unbranched alkanes of at least 4 members (excludes halogenated alkanes) is 6. The molecule has 0 atom stereocenters. The summed E-state index contributed by atoms with van der Waals surface area (Å²) in [4.78, 5) is 9.95. The lowest BCUT2D eigenvalue weighted by Gasteiger charge is -2.15. The Kier molecular flexibility index (Phi) is 11.4. The minimum atomic E-state index is 0.754. The van der Waals surface area contributed by atoms with E-state index in [0.717, 1.165) is 98.0 Å². The number of benzene rings is 4. The van der Waals surface area contributed by atoms with Crippen LogP contribution in [0.1, 0.15) is 74.1 Å². The van der Waals surface area contributed by atoms with Crippen molar-refractivity contribution < 1.29 is 4.57 Å². The van der Waals surface area contributed by atoms with Crippen molar-refractivity contribution in [1.82, 2.24) is 4.98 Å². The number of nitrogen functional groups attached to an aromatic ring is 1. The lowest BCUT2D eigenvalue weighted by atomic mass is 9.99. The zero-order chi connectivity index (χ0) is 36.8. The second-order valence-electron chi connectivity index (χ2n) is 14.3. The van der Waals surface area contributed by atoms with E-state index in [9.17, 15) is 0 Å². The van der Waals surface area contributed by atoms with Crippen LogP contribution in [-0.2, 0) is 0 Å². The highest BCUT2D eigenvalue weighted by molar-refractivity contribution is 6.13. The van der Waals surface area contributed by atoms with Crippen molar-refractivity contribution in [2.24, 2.45) is 10.7 Å². The number of anilines is 3. The number of nitrogens with zero attached hydrogens (tertiary/aromatic N) is 3. The number of fused-ring (bicyclic) bond motifs is 2. The van der Waals surface area contributed by atoms with Crippen LogP contribution in [-0.4, -0.2) is 23.8 Å². The van der Waals surface area contributed by atoms with Gasteiger partial charge in [0.15, 0.2) is 0 Å². The number of aliphatic imine (C=N–C) groups is 1. The minimum absolute atomic E-state index is 0.754. The maximum atomic E-state index is 6.39. The van der Waals surface area contributed by atoms with Crippen LogP contribution in [0.3, 0.4) is 0 Å². The molecule has 7 heteroatoms. The molecule has 0 amide bonds. The summed E-state index contributed by atoms with van der Waals surface area (Å²) in [5, 5.41) is 7.39. The molecule has 52 heavy (non-hydrogen) atoms. The maximum absolute atomic E-state index is 6.39. The smallest absolute Gasteiger partial charge is 0.242 e. The first-order chi connectivity index (χ1) is 25.1. The highest BCUT2D eigenvalue weighted by Gasteiger charge is 2.23. The van der Waals surface area contributed by atoms with Gasteiger partial charge in [-0.2, -0.15) is 0 Å². The summed E-state index contributed by atoms with van der Waals surface area (Å²) in [6.07, 6.45) is 12.5. The second kappa shape index (κ2) is 16.3. The molecule has 0 aliphatic heterocycles. The Morgan fingerprint density at radius 2 is 1.37 bits per heavy atom. The van der Waals surface area contributed by atoms with Gasteiger partial charge >= 0.3 is 0 Å². The molecule has 1 aromatic heterocycles. The van der Waals surface area contributed by atoms with E-state index in [2.05, 4.69) is 109 Å². The minimum Gasteiger partial charge on any atom is -0.398 e. The fourth-order valence-electron chi connectivity index (χ4n) is 6.99. The van der Waals surface area contributed by atoms with Crippen LogP contribution in [0.4, 0.5) is 22.7 Å². The largest absolute Gasteiger partial charge is 0.398 e. The van der Waals surface area contributed by atoms with Crippen LogP contribution < -0.4 is 26.7 Å². The van der Waals surface area contributed by atoms with Crippen LogP contribution in [0.2, 0.25) is 0 Å². The number of nitrogens with one attached hydrogen (secondary N) is 2. The standard InChI is InChI=1S/C45H53N7/c1-29-24-41(31(3)23-36(29)46)51-42-27-32(4)40(26-33(42)5)49-22-16-11-9-7-8-10-15-21-48-38-19-20-39-45(34(38)6)52(35-17-13-12-14-18-35)44-28-37(47)30(2)25-43(44)50-39/h12-14,17-20,23-28,49H,3,7-11,15-16,21-22,46H2,1-2,4-6H3,(H2,47,48)/p+1. The average molecular weight is 693 g/mol. The molecule has 0 unspecified atom stereocenters. The van der Waals surface area contributed by atoms with E-state index in [-0.39, 0.29) is 0 Å². The molecule has 1 aliphatic carbocycles. The summed E-state index contributed by atoms with van der Waals surface area (Å²) in [6, 6.07) is 23.3. The Labute approximate surface area is 309 Å². The molecule has 6 N–H and O–H groups in total. The summed E-state index contributed by atoms with van der Waals surface area (Å²) in [5.41, 5.74) is 29.8. The molecular weight excluding hydrogens is 639 g/mol. The highest BCUT2D eigenvalue weighted by atomic mass is 15.0. The van der Waals surface area contributed by atoms with E-state index in [1.807, 2.05) is 26.0 Å². The van der Waals surface area contributed by atoms with Crippen molar-refractivity contribution >= 4 is 50.5 Å². The number of hydrogen-bond donors (Lipinski definition) is 4. The van der Waals surface area contributed by atoms with Crippen molar-refractivity contribution in [2.45, 2.75) is 79.6 Å². The second-order valence-corrected chi connectivity index (χ2v) is 14.3. The van der Waals surface area contributed by atoms with E-state index in [4.69, 9.17) is 21.4 Å². The van der Waals surface area contributed by atoms with Crippen molar-refractivity contribution in [1.29, 1.82) is 0 Å². The molecule has 0 saturated carbocycles. The van der Waals surface area contributed by atoms with Crippen LogP contribution in [0.25, 0.3) is 27.8 Å². The highest BCUT2D eigenvalue weighted by Crippen LogP contribution is 2.30. The van der Waals surface area contributed by atoms with Gasteiger partial charge in [0.2, 0.25) is 16.7 Å². The number of hydrogen-bond acceptors (Lipinski definition) is 6. The number of aromatic nitrogens is 2. The zero-order valence-electron chi connectivity index (χ0n) is 31.6. The number of nitrogens with two attached hydrogens (primary N) is 2. The zero-order valence-corrected chi connectivity index (χ0v) is 31.6. The van der Waals surface area contributed by atoms with E-state index in [0.29, 0.717) is 0 Å². The molecule has 1 heterocycles. The molecule has 0 spiro atoms. The topological polar surface area (TPSA) is 105 Å². The first kappa shape index (κ1) is 36.4. The van der Waals surface area contributed by atoms with E-state index in [1.165, 1.54) is 55.3 Å². The monoisotopic (exact) mass is 692 g/mol. The van der Waals surface area contributed by atoms with Crippen molar-refractivity contribution in [2.75, 3.05) is 29.5 Å². The summed E-state index contributed by atoms with van der Waals surface area (Å²) < 4.78 is 2.31. The predicted molar refractivity (Wildman–Crippen MR) is 222 cm³/mol. The van der Waals surface area contributed by atoms with Gasteiger partial charge in [0.05, 0.1) is 11.4 Å². The van der Waals surface area contributed by atoms with E-state index in [1.54, 1.807) is 0 Å². The van der Waals surface area contributed by atoms with Gasteiger partial charge in [-0.25, -0.2) is 9.98 Å². The van der Waals surface area contributed by atoms with Crippen LogP contribution in [0, 0.1) is 27.7 Å². The normalized spacial score (nSPS) is 13.9. The summed E-state index contributed by atoms with van der Waals surface area (Å²) >= 11 is 0. The van der Waals surface area contributed by atoms with Gasteiger partial charge in [0.1, 0.15) is 11.0 Å². The molecule has 0 radical (unpaired) electrons. The summed E-state index contributed by atoms with van der Waals surface area (Å²) in [7, 11) is 0. The Hall–Kier alpha value is -5.43.